The summed E-state index contributed by atoms with van der Waals surface area (Å²) in [5.41, 5.74) is 1.13. The van der Waals surface area contributed by atoms with Crippen LogP contribution in [0.15, 0.2) is 60.8 Å². The van der Waals surface area contributed by atoms with Gasteiger partial charge in [0.1, 0.15) is 11.6 Å². The zero-order chi connectivity index (χ0) is 32.4. The normalized spacial score (nSPS) is 25.7. The predicted octanol–water partition coefficient (Wildman–Crippen LogP) is 5.31. The van der Waals surface area contributed by atoms with Crippen LogP contribution in [0.1, 0.15) is 63.0 Å². The number of carbonyl (C=O) groups excluding carboxylic acids is 2. The van der Waals surface area contributed by atoms with Crippen LogP contribution in [0, 0.1) is 29.6 Å². The number of benzene rings is 2. The molecule has 2 aromatic carbocycles. The van der Waals surface area contributed by atoms with Crippen LogP contribution in [0.25, 0.3) is 10.9 Å². The van der Waals surface area contributed by atoms with Gasteiger partial charge in [0, 0.05) is 29.6 Å². The van der Waals surface area contributed by atoms with Gasteiger partial charge in [-0.2, -0.15) is 0 Å². The second kappa shape index (κ2) is 13.2. The van der Waals surface area contributed by atoms with Crippen LogP contribution in [0.4, 0.5) is 4.79 Å². The number of rotatable bonds is 13. The second-order valence-electron chi connectivity index (χ2n) is 14.0. The monoisotopic (exact) mass is 629 g/mol. The molecule has 3 atom stereocenters. The molecule has 0 saturated heterocycles. The highest BCUT2D eigenvalue weighted by Gasteiger charge is 2.50. The van der Waals surface area contributed by atoms with E-state index in [-0.39, 0.29) is 25.4 Å². The Balaban J connectivity index is 1.25. The van der Waals surface area contributed by atoms with E-state index in [2.05, 4.69) is 15.6 Å². The average molecular weight is 630 g/mol. The second-order valence-corrected chi connectivity index (χ2v) is 14.0. The Morgan fingerprint density at radius 2 is 1.59 bits per heavy atom. The van der Waals surface area contributed by atoms with Gasteiger partial charge in [-0.05, 0) is 92.7 Å². The van der Waals surface area contributed by atoms with Gasteiger partial charge in [0.2, 0.25) is 5.91 Å². The number of hydrogen-bond donors (Lipinski definition) is 5. The van der Waals surface area contributed by atoms with Crippen LogP contribution in [0.2, 0.25) is 0 Å². The van der Waals surface area contributed by atoms with Gasteiger partial charge in [-0.3, -0.25) is 14.4 Å². The molecule has 2 amide bonds. The summed E-state index contributed by atoms with van der Waals surface area (Å²) in [6.07, 6.45) is 6.43. The van der Waals surface area contributed by atoms with E-state index in [0.29, 0.717) is 11.8 Å². The van der Waals surface area contributed by atoms with Crippen molar-refractivity contribution in [3.05, 3.63) is 71.9 Å². The number of alkyl carbamates (subject to hydrolysis) is 1. The van der Waals surface area contributed by atoms with Crippen molar-refractivity contribution >= 4 is 34.8 Å². The van der Waals surface area contributed by atoms with Gasteiger partial charge in [0.25, 0.3) is 0 Å². The number of carbonyl (C=O) groups is 4. The maximum absolute atomic E-state index is 14.3. The van der Waals surface area contributed by atoms with Crippen molar-refractivity contribution in [1.29, 1.82) is 0 Å². The first-order valence-electron chi connectivity index (χ1n) is 16.4. The number of carboxylic acid groups (broad SMARTS) is 2. The summed E-state index contributed by atoms with van der Waals surface area (Å²) in [4.78, 5) is 54.7. The molecule has 10 nitrogen and oxygen atoms in total. The van der Waals surface area contributed by atoms with Crippen molar-refractivity contribution in [2.75, 3.05) is 0 Å². The molecule has 5 N–H and O–H groups in total. The molecule has 4 saturated carbocycles. The summed E-state index contributed by atoms with van der Waals surface area (Å²) in [5.74, 6) is -2.02. The minimum Gasteiger partial charge on any atom is -0.481 e. The summed E-state index contributed by atoms with van der Waals surface area (Å²) in [6, 6.07) is 16.3. The molecule has 10 heteroatoms. The zero-order valence-corrected chi connectivity index (χ0v) is 26.1. The molecule has 4 aliphatic carbocycles. The van der Waals surface area contributed by atoms with E-state index in [0.717, 1.165) is 59.5 Å². The number of carboxylic acids is 2. The fraction of sp³-hybridized carbons (Fsp3) is 0.500. The molecular formula is C36H43N3O7. The number of aliphatic carboxylic acids is 2. The maximum atomic E-state index is 14.3. The molecule has 0 spiro atoms. The smallest absolute Gasteiger partial charge is 0.408 e. The Morgan fingerprint density at radius 3 is 2.24 bits per heavy atom. The Labute approximate surface area is 268 Å². The number of amides is 2. The fourth-order valence-corrected chi connectivity index (χ4v) is 8.55. The van der Waals surface area contributed by atoms with Crippen molar-refractivity contribution in [2.45, 2.75) is 82.4 Å². The molecule has 1 heterocycles. The standard InChI is InChI=1S/C36H43N3O7/c1-36(19-27-20-37-30-10-6-5-9-29(27)30,39-35(45)46-32-24-12-22-11-23(14-24)15-25(32)13-22)34(44)38-28(16-21-7-3-2-4-8-21)17-26(33(42)43)18-31(40)41/h2-10,20,22-26,28,32,37H,11-19H2,1H3,(H,38,44)(H,39,45)(H,40,41)(H,42,43)/t22?,23?,24?,25?,26?,28-,32?,36-/m1/s1. The zero-order valence-electron chi connectivity index (χ0n) is 26.1. The van der Waals surface area contributed by atoms with Gasteiger partial charge < -0.3 is 30.6 Å². The summed E-state index contributed by atoms with van der Waals surface area (Å²) >= 11 is 0. The topological polar surface area (TPSA) is 158 Å². The van der Waals surface area contributed by atoms with Crippen LogP contribution >= 0.6 is 0 Å². The Kier molecular flexibility index (Phi) is 9.06. The largest absolute Gasteiger partial charge is 0.481 e. The molecule has 244 valence electrons. The van der Waals surface area contributed by atoms with E-state index in [1.807, 2.05) is 60.8 Å². The molecule has 0 radical (unpaired) electrons. The van der Waals surface area contributed by atoms with Crippen LogP contribution < -0.4 is 10.6 Å². The number of ether oxygens (including phenoxy) is 1. The van der Waals surface area contributed by atoms with E-state index >= 15 is 0 Å². The lowest BCUT2D eigenvalue weighted by Crippen LogP contribution is -2.61. The first-order valence-corrected chi connectivity index (χ1v) is 16.4. The number of H-pyrrole nitrogens is 1. The summed E-state index contributed by atoms with van der Waals surface area (Å²) in [7, 11) is 0. The van der Waals surface area contributed by atoms with Gasteiger partial charge >= 0.3 is 18.0 Å². The molecule has 3 aromatic rings. The van der Waals surface area contributed by atoms with Gasteiger partial charge in [0.15, 0.2) is 0 Å². The number of para-hydroxylation sites is 1. The van der Waals surface area contributed by atoms with Crippen molar-refractivity contribution in [3.63, 3.8) is 0 Å². The number of fused-ring (bicyclic) bond motifs is 1. The van der Waals surface area contributed by atoms with Crippen molar-refractivity contribution in [1.82, 2.24) is 15.6 Å². The van der Waals surface area contributed by atoms with E-state index < -0.39 is 47.9 Å². The van der Waals surface area contributed by atoms with Crippen LogP contribution in [-0.4, -0.2) is 56.8 Å². The minimum absolute atomic E-state index is 0.0936. The highest BCUT2D eigenvalue weighted by molar-refractivity contribution is 5.92. The number of aromatic nitrogens is 1. The highest BCUT2D eigenvalue weighted by Crippen LogP contribution is 2.54. The first-order chi connectivity index (χ1) is 22.1. The number of aromatic amines is 1. The lowest BCUT2D eigenvalue weighted by Gasteiger charge is -2.53. The predicted molar refractivity (Wildman–Crippen MR) is 171 cm³/mol. The van der Waals surface area contributed by atoms with E-state index in [1.54, 1.807) is 6.92 Å². The van der Waals surface area contributed by atoms with E-state index in [4.69, 9.17) is 4.74 Å². The molecular weight excluding hydrogens is 586 g/mol. The molecule has 7 rings (SSSR count). The van der Waals surface area contributed by atoms with Crippen LogP contribution in [0.5, 0.6) is 0 Å². The molecule has 4 fully saturated rings. The van der Waals surface area contributed by atoms with Crippen molar-refractivity contribution in [3.8, 4) is 0 Å². The molecule has 46 heavy (non-hydrogen) atoms. The summed E-state index contributed by atoms with van der Waals surface area (Å²) in [6.45, 7) is 1.66. The quantitative estimate of drug-likeness (QED) is 0.171. The van der Waals surface area contributed by atoms with Gasteiger partial charge in [-0.1, -0.05) is 48.5 Å². The molecule has 4 bridgehead atoms. The van der Waals surface area contributed by atoms with E-state index in [1.165, 1.54) is 6.42 Å². The fourth-order valence-electron chi connectivity index (χ4n) is 8.55. The Bertz CT molecular complexity index is 1560. The van der Waals surface area contributed by atoms with Crippen molar-refractivity contribution < 1.29 is 34.1 Å². The van der Waals surface area contributed by atoms with Gasteiger partial charge in [0.05, 0.1) is 12.3 Å². The SMILES string of the molecule is C[C@](Cc1c[nH]c2ccccc12)(NC(=O)OC1C2CC3CC(C2)CC1C3)C(=O)N[C@H](Cc1ccccc1)CC(CC(=O)O)C(=O)O. The third-order valence-electron chi connectivity index (χ3n) is 10.5. The number of nitrogens with one attached hydrogen (secondary N) is 3. The average Bonchev–Trinajstić information content (AvgIpc) is 3.40. The number of hydrogen-bond acceptors (Lipinski definition) is 5. The van der Waals surface area contributed by atoms with Gasteiger partial charge in [-0.25, -0.2) is 4.79 Å². The third kappa shape index (κ3) is 7.06. The highest BCUT2D eigenvalue weighted by atomic mass is 16.6. The third-order valence-corrected chi connectivity index (χ3v) is 10.5. The lowest BCUT2D eigenvalue weighted by molar-refractivity contribution is -0.148. The molecule has 4 aliphatic rings. The van der Waals surface area contributed by atoms with Crippen molar-refractivity contribution in [2.24, 2.45) is 29.6 Å². The first kappa shape index (κ1) is 31.6. The Hall–Kier alpha value is -4.34. The van der Waals surface area contributed by atoms with Crippen LogP contribution in [0.3, 0.4) is 0 Å². The lowest BCUT2D eigenvalue weighted by atomic mass is 9.55. The molecule has 1 unspecified atom stereocenters. The summed E-state index contributed by atoms with van der Waals surface area (Å²) in [5, 5.41) is 26.1. The Morgan fingerprint density at radius 1 is 0.935 bits per heavy atom. The van der Waals surface area contributed by atoms with E-state index in [9.17, 15) is 29.4 Å². The molecule has 1 aromatic heterocycles. The minimum atomic E-state index is -1.46. The van der Waals surface area contributed by atoms with Crippen LogP contribution in [-0.2, 0) is 32.0 Å². The maximum Gasteiger partial charge on any atom is 0.408 e. The summed E-state index contributed by atoms with van der Waals surface area (Å²) < 4.78 is 6.14. The molecule has 0 aliphatic heterocycles. The van der Waals surface area contributed by atoms with Gasteiger partial charge in [-0.15, -0.1) is 0 Å².